The van der Waals surface area contributed by atoms with E-state index in [0.29, 0.717) is 23.8 Å². The molecular weight excluding hydrogens is 324 g/mol. The Hall–Kier alpha value is -1.79. The van der Waals surface area contributed by atoms with Gasteiger partial charge in [-0.05, 0) is 50.2 Å². The summed E-state index contributed by atoms with van der Waals surface area (Å²) in [6, 6.07) is 0. The lowest BCUT2D eigenvalue weighted by Gasteiger charge is -2.23. The minimum atomic E-state index is -0.374. The maximum absolute atomic E-state index is 12.6. The molecule has 6 heteroatoms. The molecule has 0 spiro atoms. The number of carbonyl (C=O) groups excluding carboxylic acids is 1. The van der Waals surface area contributed by atoms with Gasteiger partial charge in [-0.3, -0.25) is 0 Å². The molecule has 0 radical (unpaired) electrons. The maximum atomic E-state index is 12.6. The van der Waals surface area contributed by atoms with Crippen LogP contribution in [0.15, 0.2) is 0 Å². The van der Waals surface area contributed by atoms with Gasteiger partial charge in [0.2, 0.25) is 0 Å². The number of hydrogen-bond acceptors (Lipinski definition) is 6. The number of esters is 1. The van der Waals surface area contributed by atoms with Gasteiger partial charge < -0.3 is 23.7 Å². The third-order valence-electron chi connectivity index (χ3n) is 4.28. The second-order valence-electron chi connectivity index (χ2n) is 6.00. The third-order valence-corrected chi connectivity index (χ3v) is 4.28. The Balaban J connectivity index is 2.68. The van der Waals surface area contributed by atoms with Crippen LogP contribution in [0.3, 0.4) is 0 Å². The summed E-state index contributed by atoms with van der Waals surface area (Å²) in [5.41, 5.74) is 3.22. The molecular formula is C19H28O6. The molecule has 0 amide bonds. The highest BCUT2D eigenvalue weighted by atomic mass is 16.7. The van der Waals surface area contributed by atoms with Crippen molar-refractivity contribution >= 4 is 5.97 Å². The molecule has 1 aliphatic rings. The summed E-state index contributed by atoms with van der Waals surface area (Å²) in [4.78, 5) is 12.6. The van der Waals surface area contributed by atoms with E-state index in [4.69, 9.17) is 23.7 Å². The van der Waals surface area contributed by atoms with Crippen LogP contribution in [0.2, 0.25) is 0 Å². The van der Waals surface area contributed by atoms with Crippen LogP contribution in [0.4, 0.5) is 0 Å². The molecule has 1 aromatic carbocycles. The van der Waals surface area contributed by atoms with E-state index >= 15 is 0 Å². The second kappa shape index (κ2) is 9.06. The largest absolute Gasteiger partial charge is 0.467 e. The van der Waals surface area contributed by atoms with Crippen molar-refractivity contribution in [3.8, 4) is 11.5 Å². The van der Waals surface area contributed by atoms with Gasteiger partial charge in [-0.15, -0.1) is 0 Å². The predicted octanol–water partition coefficient (Wildman–Crippen LogP) is 3.58. The zero-order chi connectivity index (χ0) is 18.4. The van der Waals surface area contributed by atoms with E-state index in [1.807, 2.05) is 13.8 Å². The van der Waals surface area contributed by atoms with E-state index < -0.39 is 0 Å². The molecule has 1 aromatic rings. The molecule has 0 bridgehead atoms. The fourth-order valence-electron chi connectivity index (χ4n) is 3.06. The summed E-state index contributed by atoms with van der Waals surface area (Å²) < 4.78 is 27.2. The first kappa shape index (κ1) is 19.5. The van der Waals surface area contributed by atoms with Crippen molar-refractivity contribution in [2.45, 2.75) is 46.0 Å². The van der Waals surface area contributed by atoms with Crippen LogP contribution in [0.5, 0.6) is 11.5 Å². The molecule has 1 fully saturated rings. The molecule has 0 aliphatic heterocycles. The maximum Gasteiger partial charge on any atom is 0.342 e. The van der Waals surface area contributed by atoms with E-state index in [2.05, 4.69) is 0 Å². The molecule has 140 valence electrons. The van der Waals surface area contributed by atoms with Crippen LogP contribution in [-0.2, 0) is 20.6 Å². The van der Waals surface area contributed by atoms with Crippen LogP contribution in [0.25, 0.3) is 0 Å². The highest BCUT2D eigenvalue weighted by Crippen LogP contribution is 2.52. The van der Waals surface area contributed by atoms with Gasteiger partial charge >= 0.3 is 5.97 Å². The van der Waals surface area contributed by atoms with Gasteiger partial charge in [0, 0.05) is 19.8 Å². The Morgan fingerprint density at radius 1 is 1.04 bits per heavy atom. The standard InChI is InChI=1S/C19H28O6/c1-6-14-12(3)15(19(20)23-7-2)18(25-11-22-5)16(13-8-9-13)17(14)24-10-21-4/h13H,6-11H2,1-5H3. The highest BCUT2D eigenvalue weighted by molar-refractivity contribution is 5.96. The van der Waals surface area contributed by atoms with Crippen LogP contribution in [0, 0.1) is 6.92 Å². The number of hydrogen-bond donors (Lipinski definition) is 0. The molecule has 0 heterocycles. The fourth-order valence-corrected chi connectivity index (χ4v) is 3.06. The molecule has 1 aliphatic carbocycles. The van der Waals surface area contributed by atoms with Crippen LogP contribution >= 0.6 is 0 Å². The van der Waals surface area contributed by atoms with E-state index in [1.54, 1.807) is 21.1 Å². The Labute approximate surface area is 149 Å². The Morgan fingerprint density at radius 3 is 2.12 bits per heavy atom. The average Bonchev–Trinajstić information content (AvgIpc) is 3.42. The summed E-state index contributed by atoms with van der Waals surface area (Å²) in [6.45, 7) is 6.26. The van der Waals surface area contributed by atoms with Crippen LogP contribution in [0.1, 0.15) is 59.7 Å². The number of methoxy groups -OCH3 is 2. The zero-order valence-corrected chi connectivity index (χ0v) is 15.8. The lowest BCUT2D eigenvalue weighted by Crippen LogP contribution is -2.16. The first-order valence-corrected chi connectivity index (χ1v) is 8.70. The Bertz CT molecular complexity index is 607. The summed E-state index contributed by atoms with van der Waals surface area (Å²) in [5, 5.41) is 0. The summed E-state index contributed by atoms with van der Waals surface area (Å²) >= 11 is 0. The van der Waals surface area contributed by atoms with Crippen molar-refractivity contribution < 1.29 is 28.5 Å². The van der Waals surface area contributed by atoms with Crippen LogP contribution in [-0.4, -0.2) is 40.4 Å². The normalized spacial score (nSPS) is 13.6. The molecule has 1 saturated carbocycles. The SMILES string of the molecule is CCOC(=O)c1c(C)c(CC)c(OCOC)c(C2CC2)c1OCOC. The van der Waals surface area contributed by atoms with Crippen molar-refractivity contribution in [2.75, 3.05) is 34.4 Å². The highest BCUT2D eigenvalue weighted by Gasteiger charge is 2.36. The van der Waals surface area contributed by atoms with E-state index in [1.165, 1.54) is 0 Å². The molecule has 0 atom stereocenters. The van der Waals surface area contributed by atoms with Gasteiger partial charge in [0.05, 0.1) is 6.61 Å². The van der Waals surface area contributed by atoms with Gasteiger partial charge in [0.1, 0.15) is 17.1 Å². The van der Waals surface area contributed by atoms with Crippen molar-refractivity contribution in [3.63, 3.8) is 0 Å². The topological polar surface area (TPSA) is 63.2 Å². The Kier molecular flexibility index (Phi) is 7.08. The second-order valence-corrected chi connectivity index (χ2v) is 6.00. The average molecular weight is 352 g/mol. The first-order valence-electron chi connectivity index (χ1n) is 8.70. The van der Waals surface area contributed by atoms with Gasteiger partial charge in [-0.1, -0.05) is 6.92 Å². The minimum absolute atomic E-state index is 0.0563. The summed E-state index contributed by atoms with van der Waals surface area (Å²) in [7, 11) is 3.14. The van der Waals surface area contributed by atoms with Crippen molar-refractivity contribution in [1.82, 2.24) is 0 Å². The summed E-state index contributed by atoms with van der Waals surface area (Å²) in [5.74, 6) is 1.23. The molecule has 0 aromatic heterocycles. The Morgan fingerprint density at radius 2 is 1.64 bits per heavy atom. The predicted molar refractivity (Wildman–Crippen MR) is 93.5 cm³/mol. The fraction of sp³-hybridized carbons (Fsp3) is 0.632. The number of benzene rings is 1. The number of ether oxygens (including phenoxy) is 5. The lowest BCUT2D eigenvalue weighted by molar-refractivity contribution is 0.0403. The van der Waals surface area contributed by atoms with E-state index in [-0.39, 0.29) is 19.6 Å². The number of carbonyl (C=O) groups is 1. The van der Waals surface area contributed by atoms with Gasteiger partial charge in [0.15, 0.2) is 13.6 Å². The van der Waals surface area contributed by atoms with Gasteiger partial charge in [0.25, 0.3) is 0 Å². The van der Waals surface area contributed by atoms with E-state index in [0.717, 1.165) is 41.7 Å². The monoisotopic (exact) mass is 352 g/mol. The molecule has 0 N–H and O–H groups in total. The molecule has 6 nitrogen and oxygen atoms in total. The zero-order valence-electron chi connectivity index (χ0n) is 15.8. The third kappa shape index (κ3) is 4.25. The van der Waals surface area contributed by atoms with E-state index in [9.17, 15) is 4.79 Å². The molecule has 25 heavy (non-hydrogen) atoms. The summed E-state index contributed by atoms with van der Waals surface area (Å²) in [6.07, 6.45) is 2.82. The lowest BCUT2D eigenvalue weighted by atomic mass is 9.92. The van der Waals surface area contributed by atoms with Gasteiger partial charge in [-0.2, -0.15) is 0 Å². The molecule has 0 saturated heterocycles. The van der Waals surface area contributed by atoms with Crippen molar-refractivity contribution in [1.29, 1.82) is 0 Å². The first-order chi connectivity index (χ1) is 12.1. The number of rotatable bonds is 10. The van der Waals surface area contributed by atoms with Crippen molar-refractivity contribution in [3.05, 3.63) is 22.3 Å². The molecule has 2 rings (SSSR count). The van der Waals surface area contributed by atoms with Crippen LogP contribution < -0.4 is 9.47 Å². The quantitative estimate of drug-likeness (QED) is 0.474. The van der Waals surface area contributed by atoms with Crippen molar-refractivity contribution in [2.24, 2.45) is 0 Å². The smallest absolute Gasteiger partial charge is 0.342 e. The minimum Gasteiger partial charge on any atom is -0.467 e. The molecule has 0 unspecified atom stereocenters. The van der Waals surface area contributed by atoms with Gasteiger partial charge in [-0.25, -0.2) is 4.79 Å².